The lowest BCUT2D eigenvalue weighted by Crippen LogP contribution is -2.43. The van der Waals surface area contributed by atoms with Gasteiger partial charge >= 0.3 is 0 Å². The molecule has 1 heterocycles. The lowest BCUT2D eigenvalue weighted by atomic mass is 10.1. The number of benzene rings is 1. The molecular weight excluding hydrogens is 271 g/mol. The van der Waals surface area contributed by atoms with Gasteiger partial charge in [-0.25, -0.2) is 4.39 Å². The molecule has 0 aromatic heterocycles. The summed E-state index contributed by atoms with van der Waals surface area (Å²) in [6.07, 6.45) is -1.25. The zero-order valence-electron chi connectivity index (χ0n) is 10.4. The molecule has 6 heteroatoms. The highest BCUT2D eigenvalue weighted by Gasteiger charge is 2.39. The lowest BCUT2D eigenvalue weighted by molar-refractivity contribution is -0.121. The highest BCUT2D eigenvalue weighted by atomic mass is 35.5. The molecule has 0 saturated carbocycles. The van der Waals surface area contributed by atoms with E-state index < -0.39 is 24.0 Å². The highest BCUT2D eigenvalue weighted by Crippen LogP contribution is 2.24. The molecule has 2 atom stereocenters. The summed E-state index contributed by atoms with van der Waals surface area (Å²) in [5, 5.41) is 0.519. The van der Waals surface area contributed by atoms with Gasteiger partial charge in [0.15, 0.2) is 0 Å². The van der Waals surface area contributed by atoms with Crippen molar-refractivity contribution in [1.82, 2.24) is 4.90 Å². The summed E-state index contributed by atoms with van der Waals surface area (Å²) in [6.45, 7) is 1.63. The van der Waals surface area contributed by atoms with Gasteiger partial charge in [0, 0.05) is 17.0 Å². The fourth-order valence-electron chi connectivity index (χ4n) is 2.30. The molecule has 1 aliphatic heterocycles. The molecule has 102 valence electrons. The molecular formula is C13H14ClFN2O2. The van der Waals surface area contributed by atoms with Crippen LogP contribution in [0.3, 0.4) is 0 Å². The summed E-state index contributed by atoms with van der Waals surface area (Å²) in [7, 11) is 0. The standard InChI is InChI=1S/C13H14ClFN2O2/c1-7-4-8(14)2-3-10(7)13(19)17-6-9(15)5-11(17)12(16)18/h2-4,9,11H,5-6H2,1H3,(H2,16,18)/t9-,11+/m1/s1. The molecule has 0 aliphatic carbocycles. The molecule has 1 aliphatic rings. The maximum Gasteiger partial charge on any atom is 0.254 e. The molecule has 1 saturated heterocycles. The van der Waals surface area contributed by atoms with Crippen LogP contribution in [0.2, 0.25) is 5.02 Å². The smallest absolute Gasteiger partial charge is 0.254 e. The minimum atomic E-state index is -1.21. The first-order valence-electron chi connectivity index (χ1n) is 5.90. The van der Waals surface area contributed by atoms with Crippen molar-refractivity contribution in [3.8, 4) is 0 Å². The van der Waals surface area contributed by atoms with Crippen molar-refractivity contribution in [2.24, 2.45) is 5.73 Å². The average Bonchev–Trinajstić information content (AvgIpc) is 2.70. The van der Waals surface area contributed by atoms with E-state index in [1.165, 1.54) is 4.90 Å². The number of hydrogen-bond donors (Lipinski definition) is 1. The number of aryl methyl sites for hydroxylation is 1. The SMILES string of the molecule is Cc1cc(Cl)ccc1C(=O)N1C[C@H](F)C[C@H]1C(N)=O. The van der Waals surface area contributed by atoms with Crippen molar-refractivity contribution in [3.63, 3.8) is 0 Å². The highest BCUT2D eigenvalue weighted by molar-refractivity contribution is 6.30. The summed E-state index contributed by atoms with van der Waals surface area (Å²) < 4.78 is 13.4. The third-order valence-electron chi connectivity index (χ3n) is 3.26. The maximum atomic E-state index is 13.4. The number of likely N-dealkylation sites (tertiary alicyclic amines) is 1. The van der Waals surface area contributed by atoms with E-state index in [1.54, 1.807) is 25.1 Å². The number of amides is 2. The first kappa shape index (κ1) is 13.8. The van der Waals surface area contributed by atoms with Gasteiger partial charge in [0.1, 0.15) is 12.2 Å². The normalized spacial score (nSPS) is 22.6. The van der Waals surface area contributed by atoms with E-state index in [0.29, 0.717) is 16.1 Å². The second kappa shape index (κ2) is 5.17. The molecule has 1 aromatic rings. The van der Waals surface area contributed by atoms with Gasteiger partial charge in [-0.05, 0) is 30.7 Å². The van der Waals surface area contributed by atoms with E-state index in [4.69, 9.17) is 17.3 Å². The van der Waals surface area contributed by atoms with Gasteiger partial charge in [0.2, 0.25) is 5.91 Å². The average molecular weight is 285 g/mol. The molecule has 4 nitrogen and oxygen atoms in total. The van der Waals surface area contributed by atoms with E-state index in [1.807, 2.05) is 0 Å². The zero-order chi connectivity index (χ0) is 14.2. The van der Waals surface area contributed by atoms with Crippen molar-refractivity contribution in [2.45, 2.75) is 25.6 Å². The number of hydrogen-bond acceptors (Lipinski definition) is 2. The van der Waals surface area contributed by atoms with Gasteiger partial charge in [-0.1, -0.05) is 11.6 Å². The Kier molecular flexibility index (Phi) is 3.75. The van der Waals surface area contributed by atoms with Crippen molar-refractivity contribution in [2.75, 3.05) is 6.54 Å². The van der Waals surface area contributed by atoms with Crippen LogP contribution in [-0.2, 0) is 4.79 Å². The molecule has 19 heavy (non-hydrogen) atoms. The number of carbonyl (C=O) groups is 2. The van der Waals surface area contributed by atoms with Crippen LogP contribution in [0, 0.1) is 6.92 Å². The summed E-state index contributed by atoms with van der Waals surface area (Å²) in [6, 6.07) is 3.93. The number of rotatable bonds is 2. The van der Waals surface area contributed by atoms with Crippen LogP contribution < -0.4 is 5.73 Å². The number of halogens is 2. The van der Waals surface area contributed by atoms with Crippen LogP contribution in [-0.4, -0.2) is 35.5 Å². The Morgan fingerprint density at radius 3 is 2.74 bits per heavy atom. The van der Waals surface area contributed by atoms with Gasteiger partial charge in [0.25, 0.3) is 5.91 Å². The van der Waals surface area contributed by atoms with E-state index >= 15 is 0 Å². The van der Waals surface area contributed by atoms with Gasteiger partial charge in [-0.15, -0.1) is 0 Å². The van der Waals surface area contributed by atoms with E-state index in [0.717, 1.165) is 0 Å². The second-order valence-corrected chi connectivity index (χ2v) is 5.10. The fraction of sp³-hybridized carbons (Fsp3) is 0.385. The Morgan fingerprint density at radius 1 is 1.47 bits per heavy atom. The van der Waals surface area contributed by atoms with Crippen molar-refractivity contribution < 1.29 is 14.0 Å². The Morgan fingerprint density at radius 2 is 2.16 bits per heavy atom. The Bertz CT molecular complexity index is 535. The predicted octanol–water partition coefficient (Wildman–Crippen LogP) is 1.69. The Hall–Kier alpha value is -1.62. The second-order valence-electron chi connectivity index (χ2n) is 4.67. The number of nitrogens with zero attached hydrogens (tertiary/aromatic N) is 1. The van der Waals surface area contributed by atoms with Gasteiger partial charge in [-0.3, -0.25) is 9.59 Å². The zero-order valence-corrected chi connectivity index (χ0v) is 11.2. The largest absolute Gasteiger partial charge is 0.368 e. The third kappa shape index (κ3) is 2.71. The van der Waals surface area contributed by atoms with Crippen LogP contribution in [0.5, 0.6) is 0 Å². The molecule has 0 bridgehead atoms. The topological polar surface area (TPSA) is 63.4 Å². The number of alkyl halides is 1. The first-order valence-corrected chi connectivity index (χ1v) is 6.28. The van der Waals surface area contributed by atoms with Crippen LogP contribution in [0.1, 0.15) is 22.3 Å². The lowest BCUT2D eigenvalue weighted by Gasteiger charge is -2.22. The monoisotopic (exact) mass is 284 g/mol. The number of primary amides is 1. The molecule has 0 spiro atoms. The molecule has 0 unspecified atom stereocenters. The molecule has 2 amide bonds. The summed E-state index contributed by atoms with van der Waals surface area (Å²) >= 11 is 5.82. The maximum absolute atomic E-state index is 13.4. The summed E-state index contributed by atoms with van der Waals surface area (Å²) in [4.78, 5) is 24.8. The molecule has 2 rings (SSSR count). The molecule has 1 aromatic carbocycles. The number of nitrogens with two attached hydrogens (primary N) is 1. The van der Waals surface area contributed by atoms with Crippen molar-refractivity contribution >= 4 is 23.4 Å². The first-order chi connectivity index (χ1) is 8.90. The Labute approximate surface area is 115 Å². The Balaban J connectivity index is 2.30. The third-order valence-corrected chi connectivity index (χ3v) is 3.49. The van der Waals surface area contributed by atoms with Crippen LogP contribution in [0.4, 0.5) is 4.39 Å². The van der Waals surface area contributed by atoms with Crippen molar-refractivity contribution in [3.05, 3.63) is 34.3 Å². The summed E-state index contributed by atoms with van der Waals surface area (Å²) in [5.41, 5.74) is 6.30. The minimum absolute atomic E-state index is 0.0340. The molecule has 1 fully saturated rings. The van der Waals surface area contributed by atoms with Gasteiger partial charge < -0.3 is 10.6 Å². The van der Waals surface area contributed by atoms with E-state index in [2.05, 4.69) is 0 Å². The van der Waals surface area contributed by atoms with Crippen LogP contribution >= 0.6 is 11.6 Å². The van der Waals surface area contributed by atoms with Crippen LogP contribution in [0.15, 0.2) is 18.2 Å². The van der Waals surface area contributed by atoms with Gasteiger partial charge in [0.05, 0.1) is 6.54 Å². The number of carbonyl (C=O) groups excluding carboxylic acids is 2. The van der Waals surface area contributed by atoms with E-state index in [-0.39, 0.29) is 13.0 Å². The minimum Gasteiger partial charge on any atom is -0.368 e. The van der Waals surface area contributed by atoms with Gasteiger partial charge in [-0.2, -0.15) is 0 Å². The molecule has 2 N–H and O–H groups in total. The predicted molar refractivity (Wildman–Crippen MR) is 69.7 cm³/mol. The summed E-state index contributed by atoms with van der Waals surface area (Å²) in [5.74, 6) is -1.07. The van der Waals surface area contributed by atoms with E-state index in [9.17, 15) is 14.0 Å². The quantitative estimate of drug-likeness (QED) is 0.898. The van der Waals surface area contributed by atoms with Crippen molar-refractivity contribution in [1.29, 1.82) is 0 Å². The fourth-order valence-corrected chi connectivity index (χ4v) is 2.53. The molecule has 0 radical (unpaired) electrons. The van der Waals surface area contributed by atoms with Crippen LogP contribution in [0.25, 0.3) is 0 Å².